The number of imide groups is 1. The number of piperidine rings is 1. The number of benzene rings is 2. The fraction of sp³-hybridized carbons (Fsp3) is 0.379. The molecule has 2 aliphatic heterocycles. The molecule has 0 aliphatic carbocycles. The molecule has 43 heavy (non-hydrogen) atoms. The third-order valence-corrected chi connectivity index (χ3v) is 7.10. The van der Waals surface area contributed by atoms with Gasteiger partial charge in [-0.05, 0) is 36.2 Å². The number of nitrogens with two attached hydrogens (primary N) is 1. The van der Waals surface area contributed by atoms with Gasteiger partial charge in [0, 0.05) is 30.5 Å². The summed E-state index contributed by atoms with van der Waals surface area (Å²) in [5.74, 6) is -1.13. The predicted octanol–water partition coefficient (Wildman–Crippen LogP) is 0.830. The summed E-state index contributed by atoms with van der Waals surface area (Å²) in [6, 6.07) is 9.90. The molecule has 1 atom stereocenters. The summed E-state index contributed by atoms with van der Waals surface area (Å²) in [4.78, 5) is 61.1. The summed E-state index contributed by atoms with van der Waals surface area (Å²) >= 11 is 0. The van der Waals surface area contributed by atoms with Crippen LogP contribution >= 0.6 is 0 Å². The van der Waals surface area contributed by atoms with Crippen LogP contribution in [0.2, 0.25) is 0 Å². The smallest absolute Gasteiger partial charge is 0.255 e. The number of carbonyl (C=O) groups is 4. The Morgan fingerprint density at radius 3 is 2.58 bits per heavy atom. The standard InChI is InChI=1S/C29H33N7O7/c30-16-43-12-11-42-10-9-41-8-7-31-27(38)21-13-18-15-36(24-5-6-25(37)35-28(24)39)29(40)20(18)14-23(21)34-26-19-3-1-2-4-22(19)32-17-33-26/h1-4,13-14,17,24H,5-12,15-16,30H2,(H,31,38)(H,32,33,34)(H,35,37,39). The van der Waals surface area contributed by atoms with Crippen molar-refractivity contribution in [3.05, 3.63) is 59.4 Å². The maximum atomic E-state index is 13.5. The molecule has 4 amide bonds. The molecule has 5 rings (SSSR count). The molecule has 2 aromatic carbocycles. The summed E-state index contributed by atoms with van der Waals surface area (Å²) in [5, 5.41) is 9.12. The molecule has 1 aromatic heterocycles. The zero-order chi connectivity index (χ0) is 30.2. The van der Waals surface area contributed by atoms with Crippen molar-refractivity contribution >= 4 is 46.0 Å². The lowest BCUT2D eigenvalue weighted by Crippen LogP contribution is -2.52. The van der Waals surface area contributed by atoms with Crippen molar-refractivity contribution in [1.29, 1.82) is 0 Å². The van der Waals surface area contributed by atoms with Gasteiger partial charge in [0.2, 0.25) is 11.8 Å². The number of nitrogens with zero attached hydrogens (tertiary/aromatic N) is 3. The quantitative estimate of drug-likeness (QED) is 0.118. The van der Waals surface area contributed by atoms with E-state index in [9.17, 15) is 19.2 Å². The number of fused-ring (bicyclic) bond motifs is 2. The fourth-order valence-corrected chi connectivity index (χ4v) is 4.99. The Kier molecular flexibility index (Phi) is 9.84. The minimum Gasteiger partial charge on any atom is -0.377 e. The Hall–Kier alpha value is -4.50. The van der Waals surface area contributed by atoms with Crippen molar-refractivity contribution in [3.8, 4) is 0 Å². The van der Waals surface area contributed by atoms with E-state index >= 15 is 0 Å². The van der Waals surface area contributed by atoms with Crippen LogP contribution in [-0.4, -0.2) is 90.8 Å². The maximum Gasteiger partial charge on any atom is 0.255 e. The van der Waals surface area contributed by atoms with Gasteiger partial charge in [0.15, 0.2) is 0 Å². The lowest BCUT2D eigenvalue weighted by atomic mass is 10.0. The van der Waals surface area contributed by atoms with Gasteiger partial charge in [-0.25, -0.2) is 9.97 Å². The third-order valence-electron chi connectivity index (χ3n) is 7.10. The Morgan fingerprint density at radius 1 is 1.02 bits per heavy atom. The number of anilines is 2. The van der Waals surface area contributed by atoms with Crippen LogP contribution in [0.5, 0.6) is 0 Å². The van der Waals surface area contributed by atoms with Gasteiger partial charge in [0.05, 0.1) is 56.5 Å². The van der Waals surface area contributed by atoms with Crippen LogP contribution in [0.15, 0.2) is 42.7 Å². The molecule has 14 heteroatoms. The van der Waals surface area contributed by atoms with E-state index in [0.29, 0.717) is 60.1 Å². The molecule has 2 aliphatic rings. The van der Waals surface area contributed by atoms with Crippen LogP contribution < -0.4 is 21.7 Å². The summed E-state index contributed by atoms with van der Waals surface area (Å²) in [7, 11) is 0. The van der Waals surface area contributed by atoms with Gasteiger partial charge >= 0.3 is 0 Å². The van der Waals surface area contributed by atoms with Crippen LogP contribution in [0.4, 0.5) is 11.5 Å². The highest BCUT2D eigenvalue weighted by molar-refractivity contribution is 6.08. The third kappa shape index (κ3) is 7.11. The number of amides is 4. The molecular formula is C29H33N7O7. The SMILES string of the molecule is NCOCCOCCOCCNC(=O)c1cc2c(cc1Nc1ncnc3ccccc13)C(=O)N(C1CCC(=O)NC1=O)C2. The van der Waals surface area contributed by atoms with Crippen molar-refractivity contribution in [2.45, 2.75) is 25.4 Å². The second-order valence-corrected chi connectivity index (χ2v) is 9.87. The van der Waals surface area contributed by atoms with E-state index in [1.165, 1.54) is 11.2 Å². The molecular weight excluding hydrogens is 558 g/mol. The van der Waals surface area contributed by atoms with Crippen molar-refractivity contribution in [2.24, 2.45) is 5.73 Å². The predicted molar refractivity (Wildman–Crippen MR) is 154 cm³/mol. The van der Waals surface area contributed by atoms with Crippen LogP contribution in [0.25, 0.3) is 10.9 Å². The van der Waals surface area contributed by atoms with Gasteiger partial charge in [-0.15, -0.1) is 0 Å². The average Bonchev–Trinajstić information content (AvgIpc) is 3.32. The van der Waals surface area contributed by atoms with Crippen LogP contribution in [0, 0.1) is 0 Å². The van der Waals surface area contributed by atoms with Crippen LogP contribution in [0.1, 0.15) is 39.1 Å². The van der Waals surface area contributed by atoms with Crippen molar-refractivity contribution in [1.82, 2.24) is 25.5 Å². The van der Waals surface area contributed by atoms with Crippen molar-refractivity contribution < 1.29 is 33.4 Å². The molecule has 0 radical (unpaired) electrons. The second-order valence-electron chi connectivity index (χ2n) is 9.87. The van der Waals surface area contributed by atoms with E-state index in [0.717, 1.165) is 5.39 Å². The van der Waals surface area contributed by atoms with E-state index in [-0.39, 0.29) is 57.0 Å². The van der Waals surface area contributed by atoms with Gasteiger partial charge < -0.3 is 35.5 Å². The summed E-state index contributed by atoms with van der Waals surface area (Å²) in [6.45, 7) is 2.34. The van der Waals surface area contributed by atoms with E-state index < -0.39 is 11.9 Å². The van der Waals surface area contributed by atoms with Crippen LogP contribution in [-0.2, 0) is 30.3 Å². The Balaban J connectivity index is 1.32. The number of ether oxygens (including phenoxy) is 3. The highest BCUT2D eigenvalue weighted by atomic mass is 16.5. The highest BCUT2D eigenvalue weighted by Gasteiger charge is 2.39. The Labute approximate surface area is 247 Å². The Morgan fingerprint density at radius 2 is 1.79 bits per heavy atom. The van der Waals surface area contributed by atoms with E-state index in [2.05, 4.69) is 25.9 Å². The summed E-state index contributed by atoms with van der Waals surface area (Å²) in [5.41, 5.74) is 7.59. The monoisotopic (exact) mass is 591 g/mol. The van der Waals surface area contributed by atoms with Gasteiger partial charge in [-0.3, -0.25) is 24.5 Å². The van der Waals surface area contributed by atoms with Gasteiger partial charge in [0.25, 0.3) is 11.8 Å². The first-order valence-corrected chi connectivity index (χ1v) is 14.0. The molecule has 226 valence electrons. The van der Waals surface area contributed by atoms with Crippen molar-refractivity contribution in [3.63, 3.8) is 0 Å². The Bertz CT molecular complexity index is 1510. The fourth-order valence-electron chi connectivity index (χ4n) is 4.99. The molecule has 0 saturated carbocycles. The zero-order valence-corrected chi connectivity index (χ0v) is 23.5. The van der Waals surface area contributed by atoms with Gasteiger partial charge in [-0.1, -0.05) is 12.1 Å². The molecule has 1 unspecified atom stereocenters. The first-order chi connectivity index (χ1) is 21.0. The summed E-state index contributed by atoms with van der Waals surface area (Å²) in [6.07, 6.45) is 1.80. The summed E-state index contributed by atoms with van der Waals surface area (Å²) < 4.78 is 15.9. The number of hydrogen-bond acceptors (Lipinski definition) is 11. The topological polar surface area (TPSA) is 187 Å². The molecule has 5 N–H and O–H groups in total. The largest absolute Gasteiger partial charge is 0.377 e. The second kappa shape index (κ2) is 14.1. The lowest BCUT2D eigenvalue weighted by Gasteiger charge is -2.29. The molecule has 0 spiro atoms. The van der Waals surface area contributed by atoms with E-state index in [1.807, 2.05) is 24.3 Å². The normalized spacial score (nSPS) is 16.3. The molecule has 3 aromatic rings. The van der Waals surface area contributed by atoms with Gasteiger partial charge in [-0.2, -0.15) is 0 Å². The van der Waals surface area contributed by atoms with Crippen LogP contribution in [0.3, 0.4) is 0 Å². The number of carbonyl (C=O) groups excluding carboxylic acids is 4. The first kappa shape index (κ1) is 30.0. The first-order valence-electron chi connectivity index (χ1n) is 14.0. The minimum absolute atomic E-state index is 0.136. The number of rotatable bonds is 14. The number of aromatic nitrogens is 2. The average molecular weight is 592 g/mol. The molecule has 14 nitrogen and oxygen atoms in total. The highest BCUT2D eigenvalue weighted by Crippen LogP contribution is 2.33. The van der Waals surface area contributed by atoms with Gasteiger partial charge in [0.1, 0.15) is 18.2 Å². The van der Waals surface area contributed by atoms with E-state index in [4.69, 9.17) is 19.9 Å². The zero-order valence-electron chi connectivity index (χ0n) is 23.5. The molecule has 3 heterocycles. The molecule has 1 saturated heterocycles. The molecule has 1 fully saturated rings. The van der Waals surface area contributed by atoms with E-state index in [1.54, 1.807) is 12.1 Å². The number of para-hydroxylation sites is 1. The number of hydrogen-bond donors (Lipinski definition) is 4. The number of nitrogens with one attached hydrogen (secondary N) is 3. The minimum atomic E-state index is -0.772. The molecule has 0 bridgehead atoms. The lowest BCUT2D eigenvalue weighted by molar-refractivity contribution is -0.136. The van der Waals surface area contributed by atoms with Crippen molar-refractivity contribution in [2.75, 3.05) is 51.6 Å². The maximum absolute atomic E-state index is 13.5.